The smallest absolute Gasteiger partial charge is 0.418 e. The van der Waals surface area contributed by atoms with Gasteiger partial charge in [-0.3, -0.25) is 4.79 Å². The zero-order valence-corrected chi connectivity index (χ0v) is 10.3. The SMILES string of the molecule is CC(=O)OCN(C)/N=N/c1ccccc1C(F)(F)F. The predicted molar refractivity (Wildman–Crippen MR) is 60.4 cm³/mol. The van der Waals surface area contributed by atoms with Crippen molar-refractivity contribution in [1.82, 2.24) is 5.01 Å². The van der Waals surface area contributed by atoms with Gasteiger partial charge >= 0.3 is 12.1 Å². The lowest BCUT2D eigenvalue weighted by Crippen LogP contribution is -2.17. The summed E-state index contributed by atoms with van der Waals surface area (Å²) in [6.07, 6.45) is -4.50. The summed E-state index contributed by atoms with van der Waals surface area (Å²) in [5.74, 6) is -0.516. The maximum Gasteiger partial charge on any atom is 0.418 e. The van der Waals surface area contributed by atoms with Crippen molar-refractivity contribution in [3.05, 3.63) is 29.8 Å². The second-order valence-corrected chi connectivity index (χ2v) is 3.63. The number of benzene rings is 1. The average Bonchev–Trinajstić information content (AvgIpc) is 2.33. The minimum absolute atomic E-state index is 0.187. The van der Waals surface area contributed by atoms with Gasteiger partial charge < -0.3 is 4.74 Å². The maximum atomic E-state index is 12.6. The summed E-state index contributed by atoms with van der Waals surface area (Å²) in [6, 6.07) is 4.81. The molecule has 0 amide bonds. The van der Waals surface area contributed by atoms with Crippen LogP contribution in [0.25, 0.3) is 0 Å². The molecule has 1 aromatic rings. The van der Waals surface area contributed by atoms with Gasteiger partial charge in [-0.1, -0.05) is 17.4 Å². The van der Waals surface area contributed by atoms with Crippen LogP contribution in [0.3, 0.4) is 0 Å². The van der Waals surface area contributed by atoms with Crippen molar-refractivity contribution in [1.29, 1.82) is 0 Å². The Morgan fingerprint density at radius 2 is 2.00 bits per heavy atom. The molecule has 5 nitrogen and oxygen atoms in total. The maximum absolute atomic E-state index is 12.6. The molecule has 8 heteroatoms. The van der Waals surface area contributed by atoms with Crippen LogP contribution in [0.5, 0.6) is 0 Å². The lowest BCUT2D eigenvalue weighted by molar-refractivity contribution is -0.145. The normalized spacial score (nSPS) is 11.6. The fourth-order valence-corrected chi connectivity index (χ4v) is 1.14. The van der Waals surface area contributed by atoms with Crippen molar-refractivity contribution in [3.63, 3.8) is 0 Å². The van der Waals surface area contributed by atoms with Crippen LogP contribution in [0.1, 0.15) is 12.5 Å². The third kappa shape index (κ3) is 4.94. The number of ether oxygens (including phenoxy) is 1. The van der Waals surface area contributed by atoms with E-state index in [0.717, 1.165) is 11.1 Å². The van der Waals surface area contributed by atoms with Crippen LogP contribution in [0.2, 0.25) is 0 Å². The van der Waals surface area contributed by atoms with E-state index in [0.29, 0.717) is 0 Å². The first kappa shape index (κ1) is 14.9. The van der Waals surface area contributed by atoms with E-state index in [4.69, 9.17) is 0 Å². The molecular formula is C11H12F3N3O2. The van der Waals surface area contributed by atoms with E-state index in [2.05, 4.69) is 15.1 Å². The number of rotatable bonds is 4. The van der Waals surface area contributed by atoms with E-state index < -0.39 is 17.7 Å². The highest BCUT2D eigenvalue weighted by molar-refractivity contribution is 5.65. The number of hydrogen-bond donors (Lipinski definition) is 0. The van der Waals surface area contributed by atoms with Crippen LogP contribution in [-0.4, -0.2) is 24.8 Å². The van der Waals surface area contributed by atoms with Crippen molar-refractivity contribution in [2.75, 3.05) is 13.8 Å². The molecule has 1 rings (SSSR count). The Labute approximate surface area is 107 Å². The quantitative estimate of drug-likeness (QED) is 0.367. The number of halogens is 3. The van der Waals surface area contributed by atoms with E-state index in [1.54, 1.807) is 0 Å². The third-order valence-corrected chi connectivity index (χ3v) is 1.97. The van der Waals surface area contributed by atoms with Crippen LogP contribution >= 0.6 is 0 Å². The predicted octanol–water partition coefficient (Wildman–Crippen LogP) is 3.16. The van der Waals surface area contributed by atoms with Gasteiger partial charge in [0, 0.05) is 14.0 Å². The van der Waals surface area contributed by atoms with E-state index in [1.165, 1.54) is 32.2 Å². The van der Waals surface area contributed by atoms with Gasteiger partial charge in [0.05, 0.1) is 11.3 Å². The summed E-state index contributed by atoms with van der Waals surface area (Å²) < 4.78 is 42.5. The molecule has 104 valence electrons. The molecule has 0 aliphatic rings. The topological polar surface area (TPSA) is 54.3 Å². The molecule has 0 aliphatic carbocycles. The van der Waals surface area contributed by atoms with Crippen LogP contribution in [0.4, 0.5) is 18.9 Å². The molecule has 0 atom stereocenters. The van der Waals surface area contributed by atoms with E-state index in [1.807, 2.05) is 0 Å². The van der Waals surface area contributed by atoms with Crippen molar-refractivity contribution in [2.24, 2.45) is 10.3 Å². The highest BCUT2D eigenvalue weighted by Gasteiger charge is 2.33. The largest absolute Gasteiger partial charge is 0.443 e. The summed E-state index contributed by atoms with van der Waals surface area (Å²) in [4.78, 5) is 10.5. The van der Waals surface area contributed by atoms with Gasteiger partial charge in [0.1, 0.15) is 0 Å². The van der Waals surface area contributed by atoms with Crippen molar-refractivity contribution in [2.45, 2.75) is 13.1 Å². The fraction of sp³-hybridized carbons (Fsp3) is 0.364. The Hall–Kier alpha value is -2.12. The van der Waals surface area contributed by atoms with E-state index >= 15 is 0 Å². The summed E-state index contributed by atoms with van der Waals surface area (Å²) in [5.41, 5.74) is -1.18. The van der Waals surface area contributed by atoms with Crippen molar-refractivity contribution in [3.8, 4) is 0 Å². The van der Waals surface area contributed by atoms with Gasteiger partial charge in [0.2, 0.25) is 0 Å². The highest BCUT2D eigenvalue weighted by Crippen LogP contribution is 2.36. The second kappa shape index (κ2) is 6.17. The molecule has 0 bridgehead atoms. The Bertz CT molecular complexity index is 474. The lowest BCUT2D eigenvalue weighted by atomic mass is 10.2. The van der Waals surface area contributed by atoms with E-state index in [9.17, 15) is 18.0 Å². The molecule has 0 unspecified atom stereocenters. The Kier molecular flexibility index (Phi) is 4.85. The number of carbonyl (C=O) groups excluding carboxylic acids is 1. The molecule has 0 saturated carbocycles. The summed E-state index contributed by atoms with van der Waals surface area (Å²) in [5, 5.41) is 8.12. The Morgan fingerprint density at radius 3 is 2.58 bits per heavy atom. The monoisotopic (exact) mass is 275 g/mol. The summed E-state index contributed by atoms with van der Waals surface area (Å²) in [6.45, 7) is 1.02. The molecule has 0 aromatic heterocycles. The molecule has 0 spiro atoms. The second-order valence-electron chi connectivity index (χ2n) is 3.63. The lowest BCUT2D eigenvalue weighted by Gasteiger charge is -2.11. The zero-order chi connectivity index (χ0) is 14.5. The van der Waals surface area contributed by atoms with Crippen LogP contribution in [0, 0.1) is 0 Å². The molecule has 0 radical (unpaired) electrons. The molecular weight excluding hydrogens is 263 g/mol. The number of esters is 1. The minimum Gasteiger partial charge on any atom is -0.443 e. The number of hydrogen-bond acceptors (Lipinski definition) is 4. The average molecular weight is 275 g/mol. The van der Waals surface area contributed by atoms with Gasteiger partial charge in [-0.15, -0.1) is 5.11 Å². The standard InChI is InChI=1S/C11H12F3N3O2/c1-8(18)19-7-17(2)16-15-10-6-4-3-5-9(10)11(12,13)14/h3-6H,7H2,1-2H3/b16-15+. The molecule has 0 aliphatic heterocycles. The van der Waals surface area contributed by atoms with Crippen LogP contribution < -0.4 is 0 Å². The summed E-state index contributed by atoms with van der Waals surface area (Å²) in [7, 11) is 1.42. The Morgan fingerprint density at radius 1 is 1.37 bits per heavy atom. The molecule has 1 aromatic carbocycles. The molecule has 0 saturated heterocycles. The fourth-order valence-electron chi connectivity index (χ4n) is 1.14. The summed E-state index contributed by atoms with van der Waals surface area (Å²) >= 11 is 0. The van der Waals surface area contributed by atoms with Crippen LogP contribution in [0.15, 0.2) is 34.6 Å². The number of alkyl halides is 3. The zero-order valence-electron chi connectivity index (χ0n) is 10.3. The first-order chi connectivity index (χ1) is 8.80. The number of nitrogens with zero attached hydrogens (tertiary/aromatic N) is 3. The number of carbonyl (C=O) groups is 1. The third-order valence-electron chi connectivity index (χ3n) is 1.97. The minimum atomic E-state index is -4.50. The molecule has 0 heterocycles. The van der Waals surface area contributed by atoms with Crippen molar-refractivity contribution < 1.29 is 22.7 Å². The molecule has 0 N–H and O–H groups in total. The van der Waals surface area contributed by atoms with Gasteiger partial charge in [0.15, 0.2) is 6.73 Å². The van der Waals surface area contributed by atoms with E-state index in [-0.39, 0.29) is 12.4 Å². The van der Waals surface area contributed by atoms with Gasteiger partial charge in [-0.25, -0.2) is 5.01 Å². The van der Waals surface area contributed by atoms with Gasteiger partial charge in [0.25, 0.3) is 0 Å². The molecule has 0 fully saturated rings. The Balaban J connectivity index is 2.79. The van der Waals surface area contributed by atoms with Crippen molar-refractivity contribution >= 4 is 11.7 Å². The van der Waals surface area contributed by atoms with Gasteiger partial charge in [-0.05, 0) is 12.1 Å². The molecule has 19 heavy (non-hydrogen) atoms. The first-order valence-electron chi connectivity index (χ1n) is 5.23. The highest BCUT2D eigenvalue weighted by atomic mass is 19.4. The first-order valence-corrected chi connectivity index (χ1v) is 5.23. The van der Waals surface area contributed by atoms with Gasteiger partial charge in [-0.2, -0.15) is 13.2 Å². The van der Waals surface area contributed by atoms with Crippen LogP contribution in [-0.2, 0) is 15.7 Å².